The zero-order chi connectivity index (χ0) is 10.6. The maximum Gasteiger partial charge on any atom is 0.337 e. The molecule has 2 N–H and O–H groups in total. The Labute approximate surface area is 81.6 Å². The van der Waals surface area contributed by atoms with E-state index in [0.29, 0.717) is 12.2 Å². The standard InChI is InChI=1S/C10H12FNO2/c1-2-5-12-9-6-7(11)3-4-8(9)10(13)14/h3-4,6,12H,2,5H2,1H3,(H,13,14). The minimum absolute atomic E-state index is 0.0971. The second-order valence-corrected chi connectivity index (χ2v) is 2.92. The predicted octanol–water partition coefficient (Wildman–Crippen LogP) is 2.35. The highest BCUT2D eigenvalue weighted by molar-refractivity contribution is 5.94. The molecule has 0 radical (unpaired) electrons. The molecule has 0 saturated heterocycles. The number of carboxylic acid groups (broad SMARTS) is 1. The van der Waals surface area contributed by atoms with Crippen LogP contribution in [0.2, 0.25) is 0 Å². The third kappa shape index (κ3) is 2.45. The summed E-state index contributed by atoms with van der Waals surface area (Å²) in [5.41, 5.74) is 0.430. The number of aromatic carboxylic acids is 1. The summed E-state index contributed by atoms with van der Waals surface area (Å²) >= 11 is 0. The molecule has 0 heterocycles. The van der Waals surface area contributed by atoms with Crippen molar-refractivity contribution >= 4 is 11.7 Å². The summed E-state index contributed by atoms with van der Waals surface area (Å²) in [6.07, 6.45) is 0.857. The van der Waals surface area contributed by atoms with E-state index in [4.69, 9.17) is 5.11 Å². The van der Waals surface area contributed by atoms with Crippen LogP contribution in [0.4, 0.5) is 10.1 Å². The quantitative estimate of drug-likeness (QED) is 0.778. The molecule has 3 nitrogen and oxygen atoms in total. The van der Waals surface area contributed by atoms with E-state index in [9.17, 15) is 9.18 Å². The smallest absolute Gasteiger partial charge is 0.337 e. The fourth-order valence-electron chi connectivity index (χ4n) is 1.11. The average molecular weight is 197 g/mol. The van der Waals surface area contributed by atoms with Gasteiger partial charge in [0.1, 0.15) is 5.82 Å². The Hall–Kier alpha value is -1.58. The summed E-state index contributed by atoms with van der Waals surface area (Å²) in [5.74, 6) is -1.49. The van der Waals surface area contributed by atoms with Crippen molar-refractivity contribution in [2.45, 2.75) is 13.3 Å². The first kappa shape index (κ1) is 10.5. The Morgan fingerprint density at radius 1 is 1.57 bits per heavy atom. The molecule has 0 aliphatic rings. The fourth-order valence-corrected chi connectivity index (χ4v) is 1.11. The summed E-state index contributed by atoms with van der Waals surface area (Å²) < 4.78 is 12.8. The zero-order valence-electron chi connectivity index (χ0n) is 7.88. The van der Waals surface area contributed by atoms with E-state index < -0.39 is 11.8 Å². The normalized spacial score (nSPS) is 9.86. The van der Waals surface area contributed by atoms with E-state index in [1.807, 2.05) is 6.92 Å². The molecule has 0 amide bonds. The van der Waals surface area contributed by atoms with Gasteiger partial charge < -0.3 is 10.4 Å². The Morgan fingerprint density at radius 2 is 2.29 bits per heavy atom. The van der Waals surface area contributed by atoms with Gasteiger partial charge in [-0.25, -0.2) is 9.18 Å². The summed E-state index contributed by atoms with van der Waals surface area (Å²) in [5, 5.41) is 11.7. The van der Waals surface area contributed by atoms with Crippen LogP contribution in [0.3, 0.4) is 0 Å². The van der Waals surface area contributed by atoms with Crippen molar-refractivity contribution in [1.82, 2.24) is 0 Å². The number of hydrogen-bond acceptors (Lipinski definition) is 2. The Bertz CT molecular complexity index is 339. The summed E-state index contributed by atoms with van der Waals surface area (Å²) in [7, 11) is 0. The van der Waals surface area contributed by atoms with Gasteiger partial charge in [0.25, 0.3) is 0 Å². The van der Waals surface area contributed by atoms with Crippen LogP contribution in [0.1, 0.15) is 23.7 Å². The molecule has 0 saturated carbocycles. The topological polar surface area (TPSA) is 49.3 Å². The van der Waals surface area contributed by atoms with E-state index in [1.165, 1.54) is 12.1 Å². The second kappa shape index (κ2) is 4.60. The summed E-state index contributed by atoms with van der Waals surface area (Å²) in [4.78, 5) is 10.7. The van der Waals surface area contributed by atoms with Crippen molar-refractivity contribution in [2.24, 2.45) is 0 Å². The molecule has 76 valence electrons. The van der Waals surface area contributed by atoms with Gasteiger partial charge >= 0.3 is 5.97 Å². The maximum atomic E-state index is 12.8. The lowest BCUT2D eigenvalue weighted by atomic mass is 10.1. The SMILES string of the molecule is CCCNc1cc(F)ccc1C(=O)O. The first-order chi connectivity index (χ1) is 6.65. The highest BCUT2D eigenvalue weighted by Crippen LogP contribution is 2.17. The van der Waals surface area contributed by atoms with Crippen LogP contribution in [0, 0.1) is 5.82 Å². The number of nitrogens with one attached hydrogen (secondary N) is 1. The number of anilines is 1. The van der Waals surface area contributed by atoms with Crippen LogP contribution >= 0.6 is 0 Å². The molecule has 0 aromatic heterocycles. The molecule has 1 rings (SSSR count). The fraction of sp³-hybridized carbons (Fsp3) is 0.300. The first-order valence-electron chi connectivity index (χ1n) is 4.42. The zero-order valence-corrected chi connectivity index (χ0v) is 7.88. The van der Waals surface area contributed by atoms with Gasteiger partial charge in [-0.05, 0) is 24.6 Å². The molecule has 1 aromatic carbocycles. The van der Waals surface area contributed by atoms with Crippen LogP contribution in [-0.4, -0.2) is 17.6 Å². The number of hydrogen-bond donors (Lipinski definition) is 2. The van der Waals surface area contributed by atoms with Crippen LogP contribution in [-0.2, 0) is 0 Å². The third-order valence-corrected chi connectivity index (χ3v) is 1.78. The Balaban J connectivity index is 2.97. The Morgan fingerprint density at radius 3 is 2.86 bits per heavy atom. The predicted molar refractivity (Wildman–Crippen MR) is 52.1 cm³/mol. The van der Waals surface area contributed by atoms with Crippen LogP contribution in [0.15, 0.2) is 18.2 Å². The molecule has 14 heavy (non-hydrogen) atoms. The number of benzene rings is 1. The lowest BCUT2D eigenvalue weighted by Crippen LogP contribution is -2.07. The summed E-state index contributed by atoms with van der Waals surface area (Å²) in [6.45, 7) is 2.58. The lowest BCUT2D eigenvalue weighted by molar-refractivity contribution is 0.0698. The molecular weight excluding hydrogens is 185 g/mol. The third-order valence-electron chi connectivity index (χ3n) is 1.78. The van der Waals surface area contributed by atoms with Gasteiger partial charge in [0.05, 0.1) is 11.3 Å². The number of carboxylic acids is 1. The molecule has 4 heteroatoms. The van der Waals surface area contributed by atoms with Gasteiger partial charge in [-0.2, -0.15) is 0 Å². The molecule has 0 aliphatic carbocycles. The van der Waals surface area contributed by atoms with Crippen molar-refractivity contribution in [2.75, 3.05) is 11.9 Å². The highest BCUT2D eigenvalue weighted by Gasteiger charge is 2.09. The number of rotatable bonds is 4. The Kier molecular flexibility index (Phi) is 3.45. The van der Waals surface area contributed by atoms with Crippen molar-refractivity contribution in [3.05, 3.63) is 29.6 Å². The minimum Gasteiger partial charge on any atom is -0.478 e. The summed E-state index contributed by atoms with van der Waals surface area (Å²) in [6, 6.07) is 3.59. The van der Waals surface area contributed by atoms with Crippen molar-refractivity contribution in [3.63, 3.8) is 0 Å². The molecule has 0 unspecified atom stereocenters. The molecule has 0 atom stereocenters. The molecule has 0 spiro atoms. The van der Waals surface area contributed by atoms with E-state index in [1.54, 1.807) is 0 Å². The van der Waals surface area contributed by atoms with Gasteiger partial charge in [-0.1, -0.05) is 6.92 Å². The van der Waals surface area contributed by atoms with Gasteiger partial charge in [0, 0.05) is 6.54 Å². The van der Waals surface area contributed by atoms with Gasteiger partial charge in [-0.15, -0.1) is 0 Å². The van der Waals surface area contributed by atoms with E-state index in [-0.39, 0.29) is 5.56 Å². The lowest BCUT2D eigenvalue weighted by Gasteiger charge is -2.07. The molecule has 0 fully saturated rings. The molecule has 0 bridgehead atoms. The highest BCUT2D eigenvalue weighted by atomic mass is 19.1. The van der Waals surface area contributed by atoms with Gasteiger partial charge in [-0.3, -0.25) is 0 Å². The monoisotopic (exact) mass is 197 g/mol. The average Bonchev–Trinajstić information content (AvgIpc) is 2.14. The van der Waals surface area contributed by atoms with Crippen LogP contribution in [0.5, 0.6) is 0 Å². The minimum atomic E-state index is -1.05. The van der Waals surface area contributed by atoms with Gasteiger partial charge in [0.15, 0.2) is 0 Å². The van der Waals surface area contributed by atoms with E-state index in [0.717, 1.165) is 12.5 Å². The first-order valence-corrected chi connectivity index (χ1v) is 4.42. The second-order valence-electron chi connectivity index (χ2n) is 2.92. The van der Waals surface area contributed by atoms with Crippen LogP contribution < -0.4 is 5.32 Å². The van der Waals surface area contributed by atoms with Crippen molar-refractivity contribution in [1.29, 1.82) is 0 Å². The van der Waals surface area contributed by atoms with Crippen molar-refractivity contribution < 1.29 is 14.3 Å². The molecular formula is C10H12FNO2. The maximum absolute atomic E-state index is 12.8. The van der Waals surface area contributed by atoms with Crippen LogP contribution in [0.25, 0.3) is 0 Å². The number of halogens is 1. The van der Waals surface area contributed by atoms with E-state index in [2.05, 4.69) is 5.32 Å². The molecule has 0 aliphatic heterocycles. The largest absolute Gasteiger partial charge is 0.478 e. The number of carbonyl (C=O) groups is 1. The van der Waals surface area contributed by atoms with Gasteiger partial charge in [0.2, 0.25) is 0 Å². The molecule has 1 aromatic rings. The van der Waals surface area contributed by atoms with E-state index >= 15 is 0 Å². The van der Waals surface area contributed by atoms with Crippen molar-refractivity contribution in [3.8, 4) is 0 Å².